The molecule has 0 fully saturated rings. The Labute approximate surface area is 192 Å². The second-order valence-corrected chi connectivity index (χ2v) is 9.26. The summed E-state index contributed by atoms with van der Waals surface area (Å²) in [6.45, 7) is 2.81. The lowest BCUT2D eigenvalue weighted by Gasteiger charge is -2.07. The molecular weight excluding hydrogens is 404 g/mol. The van der Waals surface area contributed by atoms with Crippen LogP contribution < -0.4 is 11.2 Å². The first-order chi connectivity index (χ1) is 15.5. The van der Waals surface area contributed by atoms with E-state index < -0.39 is 0 Å². The van der Waals surface area contributed by atoms with E-state index in [4.69, 9.17) is 0 Å². The third-order valence-electron chi connectivity index (χ3n) is 6.62. The number of hydrogen-bond acceptors (Lipinski definition) is 4. The molecule has 2 rings (SSSR count). The van der Waals surface area contributed by atoms with Crippen LogP contribution in [0.4, 0.5) is 0 Å². The normalized spacial score (nSPS) is 12.6. The molecule has 0 aliphatic heterocycles. The van der Waals surface area contributed by atoms with Gasteiger partial charge in [0.2, 0.25) is 0 Å². The van der Waals surface area contributed by atoms with Gasteiger partial charge in [0.25, 0.3) is 5.56 Å². The topological polar surface area (TPSA) is 82.1 Å². The number of imidazole rings is 1. The van der Waals surface area contributed by atoms with E-state index in [0.717, 1.165) is 36.8 Å². The standard InChI is InChI=1S/C25H44N4O3/c1-4-21(30)18-16-14-12-10-8-6-5-7-9-11-13-15-17-19-29-20-26-23-22(29)24(31)28(3)25(32)27(23)2/h20-21,30H,4-19H2,1-3H3. The fourth-order valence-corrected chi connectivity index (χ4v) is 4.38. The van der Waals surface area contributed by atoms with E-state index in [2.05, 4.69) is 4.98 Å². The molecule has 0 aliphatic rings. The molecule has 0 spiro atoms. The Morgan fingerprint density at radius 1 is 0.812 bits per heavy atom. The highest BCUT2D eigenvalue weighted by atomic mass is 16.3. The molecule has 0 radical (unpaired) electrons. The summed E-state index contributed by atoms with van der Waals surface area (Å²) in [6.07, 6.45) is 19.9. The highest BCUT2D eigenvalue weighted by Gasteiger charge is 2.13. The lowest BCUT2D eigenvalue weighted by Crippen LogP contribution is -2.37. The van der Waals surface area contributed by atoms with E-state index in [1.165, 1.54) is 82.2 Å². The fraction of sp³-hybridized carbons (Fsp3) is 0.800. The number of fused-ring (bicyclic) bond motifs is 1. The molecule has 0 aliphatic carbocycles. The fourth-order valence-electron chi connectivity index (χ4n) is 4.38. The molecule has 2 aromatic rings. The zero-order chi connectivity index (χ0) is 23.3. The molecule has 1 atom stereocenters. The van der Waals surface area contributed by atoms with Crippen molar-refractivity contribution in [3.63, 3.8) is 0 Å². The number of aliphatic hydroxyl groups is 1. The van der Waals surface area contributed by atoms with Gasteiger partial charge < -0.3 is 9.67 Å². The minimum absolute atomic E-state index is 0.0913. The molecule has 0 saturated carbocycles. The predicted octanol–water partition coefficient (Wildman–Crippen LogP) is 4.67. The first kappa shape index (κ1) is 26.4. The molecule has 32 heavy (non-hydrogen) atoms. The maximum absolute atomic E-state index is 12.4. The van der Waals surface area contributed by atoms with Crippen molar-refractivity contribution < 1.29 is 5.11 Å². The molecular formula is C25H44N4O3. The summed E-state index contributed by atoms with van der Waals surface area (Å²) in [5.41, 5.74) is 0.383. The van der Waals surface area contributed by atoms with Crippen LogP contribution in [-0.4, -0.2) is 29.9 Å². The predicted molar refractivity (Wildman–Crippen MR) is 131 cm³/mol. The van der Waals surface area contributed by atoms with Gasteiger partial charge in [-0.05, 0) is 19.3 Å². The van der Waals surface area contributed by atoms with Gasteiger partial charge in [-0.3, -0.25) is 13.9 Å². The molecule has 2 aromatic heterocycles. The van der Waals surface area contributed by atoms with E-state index in [-0.39, 0.29) is 17.4 Å². The van der Waals surface area contributed by atoms with Crippen LogP contribution in [0.3, 0.4) is 0 Å². The average Bonchev–Trinajstić information content (AvgIpc) is 3.22. The first-order valence-electron chi connectivity index (χ1n) is 12.8. The van der Waals surface area contributed by atoms with Crippen LogP contribution in [0.15, 0.2) is 15.9 Å². The Balaban J connectivity index is 1.49. The van der Waals surface area contributed by atoms with Crippen molar-refractivity contribution in [2.45, 2.75) is 116 Å². The molecule has 0 amide bonds. The molecule has 2 heterocycles. The van der Waals surface area contributed by atoms with Crippen molar-refractivity contribution in [1.82, 2.24) is 18.7 Å². The number of nitrogens with zero attached hydrogens (tertiary/aromatic N) is 4. The number of unbranched alkanes of at least 4 members (excludes halogenated alkanes) is 12. The summed E-state index contributed by atoms with van der Waals surface area (Å²) < 4.78 is 4.48. The van der Waals surface area contributed by atoms with Crippen molar-refractivity contribution in [2.75, 3.05) is 0 Å². The maximum atomic E-state index is 12.4. The number of aryl methyl sites for hydroxylation is 2. The van der Waals surface area contributed by atoms with Crippen molar-refractivity contribution in [3.05, 3.63) is 27.2 Å². The Morgan fingerprint density at radius 2 is 1.31 bits per heavy atom. The lowest BCUT2D eigenvalue weighted by molar-refractivity contribution is 0.156. The molecule has 182 valence electrons. The highest BCUT2D eigenvalue weighted by Crippen LogP contribution is 2.14. The highest BCUT2D eigenvalue weighted by molar-refractivity contribution is 5.69. The van der Waals surface area contributed by atoms with E-state index in [1.807, 2.05) is 11.5 Å². The number of aliphatic hydroxyl groups excluding tert-OH is 1. The smallest absolute Gasteiger partial charge is 0.332 e. The molecule has 0 aromatic carbocycles. The van der Waals surface area contributed by atoms with Crippen molar-refractivity contribution in [1.29, 1.82) is 0 Å². The minimum Gasteiger partial charge on any atom is -0.393 e. The maximum Gasteiger partial charge on any atom is 0.332 e. The number of hydrogen-bond donors (Lipinski definition) is 1. The SMILES string of the molecule is CCC(O)CCCCCCCCCCCCCCCn1cnc2c1c(=O)n(C)c(=O)n2C. The van der Waals surface area contributed by atoms with Crippen LogP contribution in [0, 0.1) is 0 Å². The number of aromatic nitrogens is 4. The molecule has 7 heteroatoms. The van der Waals surface area contributed by atoms with Crippen molar-refractivity contribution >= 4 is 11.2 Å². The van der Waals surface area contributed by atoms with E-state index in [1.54, 1.807) is 13.4 Å². The van der Waals surface area contributed by atoms with Crippen LogP contribution in [0.1, 0.15) is 103 Å². The van der Waals surface area contributed by atoms with Gasteiger partial charge in [-0.2, -0.15) is 0 Å². The van der Waals surface area contributed by atoms with Gasteiger partial charge in [0.1, 0.15) is 0 Å². The Hall–Kier alpha value is -1.89. The van der Waals surface area contributed by atoms with E-state index >= 15 is 0 Å². The van der Waals surface area contributed by atoms with E-state index in [0.29, 0.717) is 11.2 Å². The second kappa shape index (κ2) is 14.3. The number of rotatable bonds is 17. The monoisotopic (exact) mass is 448 g/mol. The van der Waals surface area contributed by atoms with E-state index in [9.17, 15) is 14.7 Å². The van der Waals surface area contributed by atoms with Crippen LogP contribution in [0.25, 0.3) is 11.2 Å². The second-order valence-electron chi connectivity index (χ2n) is 9.26. The molecule has 0 bridgehead atoms. The van der Waals surface area contributed by atoms with Gasteiger partial charge in [0.05, 0.1) is 12.4 Å². The summed E-state index contributed by atoms with van der Waals surface area (Å²) in [7, 11) is 3.17. The molecule has 1 unspecified atom stereocenters. The Morgan fingerprint density at radius 3 is 1.84 bits per heavy atom. The van der Waals surface area contributed by atoms with Crippen LogP contribution in [0.2, 0.25) is 0 Å². The summed E-state index contributed by atoms with van der Waals surface area (Å²) in [4.78, 5) is 28.7. The van der Waals surface area contributed by atoms with Gasteiger partial charge >= 0.3 is 5.69 Å². The quantitative estimate of drug-likeness (QED) is 0.357. The van der Waals surface area contributed by atoms with Crippen molar-refractivity contribution in [3.8, 4) is 0 Å². The van der Waals surface area contributed by atoms with Crippen molar-refractivity contribution in [2.24, 2.45) is 14.1 Å². The summed E-state index contributed by atoms with van der Waals surface area (Å²) >= 11 is 0. The first-order valence-corrected chi connectivity index (χ1v) is 12.8. The molecule has 0 saturated heterocycles. The Bertz CT molecular complexity index is 912. The molecule has 7 nitrogen and oxygen atoms in total. The van der Waals surface area contributed by atoms with Gasteiger partial charge in [-0.1, -0.05) is 84.0 Å². The van der Waals surface area contributed by atoms with Crippen LogP contribution in [0.5, 0.6) is 0 Å². The van der Waals surface area contributed by atoms with Gasteiger partial charge in [-0.15, -0.1) is 0 Å². The Kier molecular flexibility index (Phi) is 11.8. The van der Waals surface area contributed by atoms with Gasteiger partial charge in [0, 0.05) is 20.6 Å². The minimum atomic E-state index is -0.337. The lowest BCUT2D eigenvalue weighted by atomic mass is 10.0. The zero-order valence-corrected chi connectivity index (χ0v) is 20.5. The third kappa shape index (κ3) is 7.91. The van der Waals surface area contributed by atoms with Crippen LogP contribution >= 0.6 is 0 Å². The average molecular weight is 449 g/mol. The summed E-state index contributed by atoms with van der Waals surface area (Å²) in [5.74, 6) is 0. The van der Waals surface area contributed by atoms with Crippen LogP contribution in [-0.2, 0) is 20.6 Å². The third-order valence-corrected chi connectivity index (χ3v) is 6.62. The van der Waals surface area contributed by atoms with Gasteiger partial charge in [0.15, 0.2) is 11.2 Å². The summed E-state index contributed by atoms with van der Waals surface area (Å²) in [6, 6.07) is 0. The largest absolute Gasteiger partial charge is 0.393 e. The van der Waals surface area contributed by atoms with Gasteiger partial charge in [-0.25, -0.2) is 9.78 Å². The zero-order valence-electron chi connectivity index (χ0n) is 20.5. The molecule has 1 N–H and O–H groups in total. The summed E-state index contributed by atoms with van der Waals surface area (Å²) in [5, 5.41) is 9.54.